The van der Waals surface area contributed by atoms with Crippen LogP contribution in [0.25, 0.3) is 0 Å². The Bertz CT molecular complexity index is 1340. The monoisotopic (exact) mass is 742 g/mol. The molecular weight excluding hydrogens is 722 g/mol. The average Bonchev–Trinajstić information content (AvgIpc) is 3.17. The van der Waals surface area contributed by atoms with Gasteiger partial charge in [-0.1, -0.05) is 40.2 Å². The molecular formula is C26H21BrI2N2O3. The third kappa shape index (κ3) is 4.15. The van der Waals surface area contributed by atoms with Gasteiger partial charge in [-0.25, -0.2) is 0 Å². The molecule has 174 valence electrons. The first-order valence-electron chi connectivity index (χ1n) is 10.8. The minimum absolute atomic E-state index is 0.0723. The van der Waals surface area contributed by atoms with Gasteiger partial charge in [0, 0.05) is 42.4 Å². The van der Waals surface area contributed by atoms with Gasteiger partial charge >= 0.3 is 0 Å². The molecule has 5 nitrogen and oxygen atoms in total. The van der Waals surface area contributed by atoms with Crippen LogP contribution in [0.1, 0.15) is 32.6 Å². The van der Waals surface area contributed by atoms with E-state index in [9.17, 15) is 4.79 Å². The summed E-state index contributed by atoms with van der Waals surface area (Å²) in [6, 6.07) is 13.7. The molecule has 8 heteroatoms. The van der Waals surface area contributed by atoms with Gasteiger partial charge in [-0.15, -0.1) is 0 Å². The lowest BCUT2D eigenvalue weighted by molar-refractivity contribution is 0.0986. The van der Waals surface area contributed by atoms with E-state index in [1.54, 1.807) is 13.2 Å². The van der Waals surface area contributed by atoms with Gasteiger partial charge in [0.2, 0.25) is 0 Å². The van der Waals surface area contributed by atoms with Crippen LogP contribution in [0.4, 0.5) is 11.4 Å². The maximum Gasteiger partial charge on any atom is 0.261 e. The van der Waals surface area contributed by atoms with E-state index < -0.39 is 0 Å². The number of benzene rings is 3. The van der Waals surface area contributed by atoms with Crippen molar-refractivity contribution in [2.24, 2.45) is 4.99 Å². The van der Waals surface area contributed by atoms with Crippen LogP contribution in [-0.2, 0) is 18.4 Å². The fourth-order valence-electron chi connectivity index (χ4n) is 4.42. The van der Waals surface area contributed by atoms with Gasteiger partial charge in [-0.3, -0.25) is 14.7 Å². The number of nitrogens with zero attached hydrogens (tertiary/aromatic N) is 2. The number of para-hydroxylation sites is 1. The Kier molecular flexibility index (Phi) is 6.91. The maximum atomic E-state index is 13.6. The average molecular weight is 743 g/mol. The summed E-state index contributed by atoms with van der Waals surface area (Å²) in [5.74, 6) is 1.02. The normalized spacial score (nSPS) is 16.1. The van der Waals surface area contributed by atoms with Crippen LogP contribution in [-0.4, -0.2) is 25.3 Å². The number of halogens is 3. The molecule has 2 heterocycles. The largest absolute Gasteiger partial charge is 0.493 e. The number of alkyl halides is 1. The molecule has 1 amide bonds. The second-order valence-corrected chi connectivity index (χ2v) is 11.0. The second-order valence-electron chi connectivity index (χ2n) is 8.24. The number of hydrogen-bond acceptors (Lipinski definition) is 4. The first kappa shape index (κ1) is 24.1. The summed E-state index contributed by atoms with van der Waals surface area (Å²) in [6.45, 7) is 2.53. The SMILES string of the molecule is COc1cc2c(cc1OCc1cc(CBr)c(C)c(I)c1I)N=C[C@@H]1Cc3ccccc3N1C2=O. The Morgan fingerprint density at radius 1 is 1.12 bits per heavy atom. The standard InChI is InChI=1S/C26H21BrI2N2O3/c1-14-16(11-27)7-17(25(29)24(14)28)13-34-23-10-20-19(9-22(23)33-2)26(32)31-18(12-30-20)8-15-5-3-4-6-21(15)31/h3-7,9-10,12,18H,8,11,13H2,1-2H3/t18-/m0/s1. The molecule has 0 N–H and O–H groups in total. The summed E-state index contributed by atoms with van der Waals surface area (Å²) in [4.78, 5) is 20.1. The Labute approximate surface area is 234 Å². The van der Waals surface area contributed by atoms with Gasteiger partial charge in [0.1, 0.15) is 6.61 Å². The van der Waals surface area contributed by atoms with Crippen molar-refractivity contribution in [3.8, 4) is 11.5 Å². The first-order valence-corrected chi connectivity index (χ1v) is 14.0. The Hall–Kier alpha value is -1.66. The number of hydrogen-bond donors (Lipinski definition) is 0. The molecule has 0 aliphatic carbocycles. The number of amides is 1. The predicted octanol–water partition coefficient (Wildman–Crippen LogP) is 6.97. The van der Waals surface area contributed by atoms with Gasteiger partial charge in [0.05, 0.1) is 24.4 Å². The number of carbonyl (C=O) groups excluding carboxylic acids is 1. The summed E-state index contributed by atoms with van der Waals surface area (Å²) in [7, 11) is 1.59. The van der Waals surface area contributed by atoms with E-state index >= 15 is 0 Å². The summed E-state index contributed by atoms with van der Waals surface area (Å²) in [5.41, 5.74) is 6.85. The summed E-state index contributed by atoms with van der Waals surface area (Å²) < 4.78 is 14.3. The zero-order chi connectivity index (χ0) is 24.0. The molecule has 5 rings (SSSR count). The third-order valence-corrected chi connectivity index (χ3v) is 10.5. The summed E-state index contributed by atoms with van der Waals surface area (Å²) in [5, 5.41) is 0.790. The molecule has 0 aromatic heterocycles. The van der Waals surface area contributed by atoms with Gasteiger partial charge in [-0.2, -0.15) is 0 Å². The number of ether oxygens (including phenoxy) is 2. The molecule has 2 aliphatic rings. The zero-order valence-corrected chi connectivity index (χ0v) is 24.5. The molecule has 3 aromatic rings. The number of anilines is 1. The Morgan fingerprint density at radius 3 is 2.68 bits per heavy atom. The van der Waals surface area contributed by atoms with E-state index in [2.05, 4.69) is 80.2 Å². The van der Waals surface area contributed by atoms with Crippen LogP contribution in [0, 0.1) is 14.1 Å². The van der Waals surface area contributed by atoms with E-state index in [-0.39, 0.29) is 11.9 Å². The quantitative estimate of drug-likeness (QED) is 0.210. The van der Waals surface area contributed by atoms with Crippen molar-refractivity contribution in [3.05, 3.63) is 77.4 Å². The summed E-state index contributed by atoms with van der Waals surface area (Å²) >= 11 is 8.35. The molecule has 0 bridgehead atoms. The van der Waals surface area contributed by atoms with Crippen LogP contribution in [0.5, 0.6) is 11.5 Å². The van der Waals surface area contributed by atoms with Gasteiger partial charge in [0.25, 0.3) is 5.91 Å². The van der Waals surface area contributed by atoms with Crippen molar-refractivity contribution in [2.45, 2.75) is 31.3 Å². The maximum absolute atomic E-state index is 13.6. The van der Waals surface area contributed by atoms with Crippen LogP contribution in [0.2, 0.25) is 0 Å². The highest BCUT2D eigenvalue weighted by molar-refractivity contribution is 14.1. The van der Waals surface area contributed by atoms with E-state index in [0.717, 1.165) is 28.6 Å². The highest BCUT2D eigenvalue weighted by Gasteiger charge is 2.36. The zero-order valence-electron chi connectivity index (χ0n) is 18.6. The second kappa shape index (κ2) is 9.77. The van der Waals surface area contributed by atoms with Gasteiger partial charge < -0.3 is 9.47 Å². The van der Waals surface area contributed by atoms with Crippen molar-refractivity contribution in [1.82, 2.24) is 0 Å². The first-order chi connectivity index (χ1) is 16.4. The number of rotatable bonds is 5. The summed E-state index contributed by atoms with van der Waals surface area (Å²) in [6.07, 6.45) is 2.63. The Balaban J connectivity index is 1.48. The minimum atomic E-state index is -0.0912. The molecule has 2 aliphatic heterocycles. The topological polar surface area (TPSA) is 51.1 Å². The van der Waals surface area contributed by atoms with Crippen molar-refractivity contribution >= 4 is 84.6 Å². The van der Waals surface area contributed by atoms with E-state index in [4.69, 9.17) is 14.5 Å². The van der Waals surface area contributed by atoms with E-state index in [0.29, 0.717) is 29.4 Å². The number of methoxy groups -OCH3 is 1. The smallest absolute Gasteiger partial charge is 0.261 e. The van der Waals surface area contributed by atoms with Crippen LogP contribution in [0.15, 0.2) is 47.5 Å². The van der Waals surface area contributed by atoms with Gasteiger partial charge in [-0.05, 0) is 80.9 Å². The third-order valence-electron chi connectivity index (χ3n) is 6.29. The molecule has 0 saturated heterocycles. The highest BCUT2D eigenvalue weighted by Crippen LogP contribution is 2.41. The van der Waals surface area contributed by atoms with Crippen molar-refractivity contribution in [3.63, 3.8) is 0 Å². The molecule has 0 spiro atoms. The lowest BCUT2D eigenvalue weighted by atomic mass is 10.1. The molecule has 0 unspecified atom stereocenters. The van der Waals surface area contributed by atoms with Crippen LogP contribution in [0.3, 0.4) is 0 Å². The minimum Gasteiger partial charge on any atom is -0.493 e. The van der Waals surface area contributed by atoms with E-state index in [1.165, 1.54) is 18.3 Å². The molecule has 3 aromatic carbocycles. The highest BCUT2D eigenvalue weighted by atomic mass is 127. The molecule has 1 atom stereocenters. The lowest BCUT2D eigenvalue weighted by Gasteiger charge is -2.22. The van der Waals surface area contributed by atoms with E-state index in [1.807, 2.05) is 35.4 Å². The fraction of sp³-hybridized carbons (Fsp3) is 0.231. The molecule has 34 heavy (non-hydrogen) atoms. The molecule has 0 radical (unpaired) electrons. The van der Waals surface area contributed by atoms with Crippen molar-refractivity contribution in [2.75, 3.05) is 12.0 Å². The number of aliphatic imine (C=N–C) groups is 1. The van der Waals surface area contributed by atoms with Crippen LogP contribution < -0.4 is 14.4 Å². The fourth-order valence-corrected chi connectivity index (χ4v) is 6.41. The van der Waals surface area contributed by atoms with Crippen molar-refractivity contribution < 1.29 is 14.3 Å². The van der Waals surface area contributed by atoms with Gasteiger partial charge in [0.15, 0.2) is 11.5 Å². The molecule has 0 saturated carbocycles. The molecule has 0 fully saturated rings. The lowest BCUT2D eigenvalue weighted by Crippen LogP contribution is -2.37. The van der Waals surface area contributed by atoms with Crippen LogP contribution >= 0.6 is 61.1 Å². The number of fused-ring (bicyclic) bond motifs is 4. The van der Waals surface area contributed by atoms with Crippen molar-refractivity contribution in [1.29, 1.82) is 0 Å². The Morgan fingerprint density at radius 2 is 1.91 bits per heavy atom. The predicted molar refractivity (Wildman–Crippen MR) is 155 cm³/mol. The number of carbonyl (C=O) groups is 1.